The molecule has 0 aromatic carbocycles. The maximum atomic E-state index is 13.2. The number of piperazine rings is 1. The van der Waals surface area contributed by atoms with Crippen LogP contribution in [-0.2, 0) is 22.6 Å². The quantitative estimate of drug-likeness (QED) is 0.612. The average Bonchev–Trinajstić information content (AvgIpc) is 3.39. The van der Waals surface area contributed by atoms with Gasteiger partial charge in [-0.05, 0) is 87.6 Å². The van der Waals surface area contributed by atoms with E-state index in [2.05, 4.69) is 21.2 Å². The van der Waals surface area contributed by atoms with Crippen LogP contribution in [0, 0.1) is 11.3 Å². The van der Waals surface area contributed by atoms with Gasteiger partial charge in [-0.1, -0.05) is 6.42 Å². The summed E-state index contributed by atoms with van der Waals surface area (Å²) in [7, 11) is 0. The summed E-state index contributed by atoms with van der Waals surface area (Å²) < 4.78 is 5.09. The second-order valence-electron chi connectivity index (χ2n) is 10.7. The van der Waals surface area contributed by atoms with E-state index in [4.69, 9.17) is 4.74 Å². The molecule has 1 spiro atoms. The van der Waals surface area contributed by atoms with Crippen molar-refractivity contribution >= 4 is 23.3 Å². The Hall–Kier alpha value is -1.64. The van der Waals surface area contributed by atoms with Gasteiger partial charge in [0.25, 0.3) is 0 Å². The first-order chi connectivity index (χ1) is 16.6. The van der Waals surface area contributed by atoms with Crippen molar-refractivity contribution in [2.45, 2.75) is 58.5 Å². The van der Waals surface area contributed by atoms with Crippen molar-refractivity contribution in [1.82, 2.24) is 19.6 Å². The minimum atomic E-state index is -0.255. The highest BCUT2D eigenvalue weighted by Gasteiger charge is 2.59. The number of rotatable bonds is 6. The highest BCUT2D eigenvalue weighted by atomic mass is 32.1. The second-order valence-corrected chi connectivity index (χ2v) is 11.7. The van der Waals surface area contributed by atoms with Crippen LogP contribution in [0.2, 0.25) is 0 Å². The van der Waals surface area contributed by atoms with Gasteiger partial charge in [0.2, 0.25) is 5.91 Å². The third-order valence-electron chi connectivity index (χ3n) is 8.40. The molecule has 2 amide bonds. The van der Waals surface area contributed by atoms with Crippen molar-refractivity contribution < 1.29 is 14.3 Å². The minimum absolute atomic E-state index is 0.196. The van der Waals surface area contributed by atoms with Gasteiger partial charge in [-0.2, -0.15) is 0 Å². The van der Waals surface area contributed by atoms with Gasteiger partial charge in [-0.15, -0.1) is 11.3 Å². The topological polar surface area (TPSA) is 56.3 Å². The van der Waals surface area contributed by atoms with Gasteiger partial charge in [-0.3, -0.25) is 14.6 Å². The van der Waals surface area contributed by atoms with E-state index in [1.165, 1.54) is 42.8 Å². The Labute approximate surface area is 208 Å². The molecule has 3 aliphatic heterocycles. The number of piperidine rings is 2. The van der Waals surface area contributed by atoms with Gasteiger partial charge in [0.15, 0.2) is 0 Å². The molecule has 3 saturated heterocycles. The highest BCUT2D eigenvalue weighted by molar-refractivity contribution is 7.10. The Kier molecular flexibility index (Phi) is 7.46. The van der Waals surface area contributed by atoms with Crippen LogP contribution >= 0.6 is 11.3 Å². The molecule has 8 heteroatoms. The zero-order valence-electron chi connectivity index (χ0n) is 20.7. The molecule has 1 aromatic heterocycles. The number of hydrogen-bond donors (Lipinski definition) is 0. The summed E-state index contributed by atoms with van der Waals surface area (Å²) in [4.78, 5) is 35.4. The summed E-state index contributed by atoms with van der Waals surface area (Å²) in [6, 6.07) is 2.42. The number of carbonyl (C=O) groups is 2. The van der Waals surface area contributed by atoms with E-state index in [1.807, 2.05) is 23.2 Å². The van der Waals surface area contributed by atoms with Crippen LogP contribution < -0.4 is 0 Å². The maximum absolute atomic E-state index is 13.2. The molecule has 0 N–H and O–H groups in total. The Bertz CT molecular complexity index is 852. The first kappa shape index (κ1) is 24.1. The van der Waals surface area contributed by atoms with E-state index >= 15 is 0 Å². The van der Waals surface area contributed by atoms with Crippen LogP contribution in [0.4, 0.5) is 4.79 Å². The van der Waals surface area contributed by atoms with Gasteiger partial charge in [0, 0.05) is 50.1 Å². The number of ether oxygens (including phenoxy) is 1. The fraction of sp³-hybridized carbons (Fsp3) is 0.769. The largest absolute Gasteiger partial charge is 0.450 e. The third kappa shape index (κ3) is 5.44. The first-order valence-electron chi connectivity index (χ1n) is 13.3. The maximum Gasteiger partial charge on any atom is 0.409 e. The third-order valence-corrected chi connectivity index (χ3v) is 9.37. The molecule has 4 fully saturated rings. The number of carbonyl (C=O) groups excluding carboxylic acids is 2. The van der Waals surface area contributed by atoms with Gasteiger partial charge in [0.05, 0.1) is 6.61 Å². The van der Waals surface area contributed by atoms with E-state index in [1.54, 1.807) is 4.90 Å². The lowest BCUT2D eigenvalue weighted by molar-refractivity contribution is -0.135. The van der Waals surface area contributed by atoms with Crippen LogP contribution in [0.25, 0.3) is 0 Å². The monoisotopic (exact) mass is 488 g/mol. The van der Waals surface area contributed by atoms with E-state index in [0.717, 1.165) is 45.4 Å². The second kappa shape index (κ2) is 10.5. The molecule has 0 bridgehead atoms. The molecule has 1 aromatic rings. The summed E-state index contributed by atoms with van der Waals surface area (Å²) in [5, 5.41) is 2.35. The zero-order valence-corrected chi connectivity index (χ0v) is 21.5. The predicted octanol–water partition coefficient (Wildman–Crippen LogP) is 3.64. The van der Waals surface area contributed by atoms with Gasteiger partial charge < -0.3 is 14.5 Å². The lowest BCUT2D eigenvalue weighted by atomic mass is 9.90. The fourth-order valence-corrected chi connectivity index (χ4v) is 7.06. The molecule has 7 nitrogen and oxygen atoms in total. The first-order valence-corrected chi connectivity index (χ1v) is 14.2. The van der Waals surface area contributed by atoms with E-state index in [0.29, 0.717) is 38.7 Å². The molecule has 1 aliphatic carbocycles. The SMILES string of the molecule is CCOC(=O)N1CCN(C(=O)[C@@H]2CC23CCN(Cc2cc(CN4CCCCC4)cs2)CC3)CC1. The summed E-state index contributed by atoms with van der Waals surface area (Å²) in [5.74, 6) is 0.513. The van der Waals surface area contributed by atoms with Crippen molar-refractivity contribution in [2.24, 2.45) is 11.3 Å². The lowest BCUT2D eigenvalue weighted by Gasteiger charge is -2.36. The number of likely N-dealkylation sites (tertiary alicyclic amines) is 2. The average molecular weight is 489 g/mol. The molecule has 188 valence electrons. The van der Waals surface area contributed by atoms with E-state index in [-0.39, 0.29) is 17.4 Å². The van der Waals surface area contributed by atoms with Gasteiger partial charge >= 0.3 is 6.09 Å². The van der Waals surface area contributed by atoms with Crippen molar-refractivity contribution in [3.05, 3.63) is 21.9 Å². The summed E-state index contributed by atoms with van der Waals surface area (Å²) >= 11 is 1.91. The Morgan fingerprint density at radius 1 is 0.941 bits per heavy atom. The van der Waals surface area contributed by atoms with Crippen LogP contribution in [0.15, 0.2) is 11.4 Å². The van der Waals surface area contributed by atoms with E-state index < -0.39 is 0 Å². The standard InChI is InChI=1S/C26H40N4O3S/c1-2-33-25(32)30-14-12-29(13-15-30)24(31)23-17-26(23)6-10-28(11-7-26)19-22-16-21(20-34-22)18-27-8-4-3-5-9-27/h16,20,23H,2-15,17-19H2,1H3/t23-/m0/s1. The Balaban J connectivity index is 1.05. The van der Waals surface area contributed by atoms with Crippen molar-refractivity contribution in [3.63, 3.8) is 0 Å². The van der Waals surface area contributed by atoms with Crippen molar-refractivity contribution in [2.75, 3.05) is 59.0 Å². The Morgan fingerprint density at radius 2 is 1.62 bits per heavy atom. The molecule has 0 radical (unpaired) electrons. The van der Waals surface area contributed by atoms with E-state index in [9.17, 15) is 9.59 Å². The molecular formula is C26H40N4O3S. The number of hydrogen-bond acceptors (Lipinski definition) is 6. The molecule has 0 unspecified atom stereocenters. The van der Waals surface area contributed by atoms with Crippen molar-refractivity contribution in [3.8, 4) is 0 Å². The minimum Gasteiger partial charge on any atom is -0.450 e. The van der Waals surface area contributed by atoms with Crippen LogP contribution in [0.3, 0.4) is 0 Å². The normalized spacial score (nSPS) is 25.5. The summed E-state index contributed by atoms with van der Waals surface area (Å²) in [6.45, 7) is 11.5. The Morgan fingerprint density at radius 3 is 2.32 bits per heavy atom. The molecule has 1 saturated carbocycles. The summed E-state index contributed by atoms with van der Waals surface area (Å²) in [6.07, 6.45) is 7.15. The molecule has 4 heterocycles. The van der Waals surface area contributed by atoms with Crippen LogP contribution in [0.1, 0.15) is 55.9 Å². The lowest BCUT2D eigenvalue weighted by Crippen LogP contribution is -2.51. The molecule has 5 rings (SSSR count). The van der Waals surface area contributed by atoms with Crippen molar-refractivity contribution in [1.29, 1.82) is 0 Å². The fourth-order valence-electron chi connectivity index (χ4n) is 6.14. The number of amides is 2. The molecular weight excluding hydrogens is 448 g/mol. The molecule has 1 atom stereocenters. The van der Waals surface area contributed by atoms with Gasteiger partial charge in [0.1, 0.15) is 0 Å². The smallest absolute Gasteiger partial charge is 0.409 e. The summed E-state index contributed by atoms with van der Waals surface area (Å²) in [5.41, 5.74) is 1.71. The number of nitrogens with zero attached hydrogens (tertiary/aromatic N) is 4. The molecule has 4 aliphatic rings. The number of thiophene rings is 1. The predicted molar refractivity (Wildman–Crippen MR) is 134 cm³/mol. The van der Waals surface area contributed by atoms with Crippen LogP contribution in [0.5, 0.6) is 0 Å². The molecule has 34 heavy (non-hydrogen) atoms. The highest BCUT2D eigenvalue weighted by Crippen LogP contribution is 2.60. The zero-order chi connectivity index (χ0) is 23.5. The van der Waals surface area contributed by atoms with Gasteiger partial charge in [-0.25, -0.2) is 4.79 Å². The van der Waals surface area contributed by atoms with Crippen LogP contribution in [-0.4, -0.2) is 90.6 Å².